The monoisotopic (exact) mass is 321 g/mol. The predicted octanol–water partition coefficient (Wildman–Crippen LogP) is 1.43. The van der Waals surface area contributed by atoms with E-state index >= 15 is 0 Å². The number of aliphatic hydroxyl groups is 1. The van der Waals surface area contributed by atoms with Gasteiger partial charge in [0.2, 0.25) is 5.91 Å². The number of amides is 1. The number of hydrogen-bond donors (Lipinski definition) is 1. The lowest BCUT2D eigenvalue weighted by Gasteiger charge is -2.34. The van der Waals surface area contributed by atoms with Crippen molar-refractivity contribution in [1.82, 2.24) is 14.4 Å². The molecule has 1 amide bonds. The number of hydrogen-bond acceptors (Lipinski definition) is 3. The number of carbonyl (C=O) groups is 1. The van der Waals surface area contributed by atoms with Gasteiger partial charge >= 0.3 is 0 Å². The van der Waals surface area contributed by atoms with Crippen LogP contribution in [0.15, 0.2) is 30.5 Å². The number of aliphatic hydroxyl groups excluding tert-OH is 1. The Labute approximate surface area is 134 Å². The van der Waals surface area contributed by atoms with Gasteiger partial charge in [-0.1, -0.05) is 17.7 Å². The van der Waals surface area contributed by atoms with Gasteiger partial charge in [0.1, 0.15) is 6.54 Å². The quantitative estimate of drug-likeness (QED) is 0.927. The van der Waals surface area contributed by atoms with Crippen molar-refractivity contribution in [2.45, 2.75) is 6.54 Å². The van der Waals surface area contributed by atoms with E-state index in [1.165, 1.54) is 0 Å². The van der Waals surface area contributed by atoms with Crippen LogP contribution in [0.1, 0.15) is 0 Å². The largest absolute Gasteiger partial charge is 0.395 e. The maximum Gasteiger partial charge on any atom is 0.242 e. The second kappa shape index (κ2) is 6.69. The first-order valence-corrected chi connectivity index (χ1v) is 7.90. The Balaban J connectivity index is 1.65. The zero-order chi connectivity index (χ0) is 15.5. The van der Waals surface area contributed by atoms with Crippen molar-refractivity contribution in [3.05, 3.63) is 35.5 Å². The van der Waals surface area contributed by atoms with Crippen LogP contribution in [0.4, 0.5) is 0 Å². The van der Waals surface area contributed by atoms with Crippen LogP contribution in [0.5, 0.6) is 0 Å². The van der Waals surface area contributed by atoms with Gasteiger partial charge in [-0.2, -0.15) is 0 Å². The van der Waals surface area contributed by atoms with Crippen LogP contribution >= 0.6 is 11.6 Å². The predicted molar refractivity (Wildman–Crippen MR) is 87.1 cm³/mol. The smallest absolute Gasteiger partial charge is 0.242 e. The molecule has 22 heavy (non-hydrogen) atoms. The van der Waals surface area contributed by atoms with Gasteiger partial charge in [0.25, 0.3) is 0 Å². The van der Waals surface area contributed by atoms with Crippen LogP contribution in [0.3, 0.4) is 0 Å². The fraction of sp³-hybridized carbons (Fsp3) is 0.438. The average Bonchev–Trinajstić information content (AvgIpc) is 2.90. The van der Waals surface area contributed by atoms with Crippen molar-refractivity contribution < 1.29 is 9.90 Å². The van der Waals surface area contributed by atoms with Gasteiger partial charge in [0.05, 0.1) is 6.61 Å². The molecular weight excluding hydrogens is 302 g/mol. The van der Waals surface area contributed by atoms with Gasteiger partial charge in [-0.25, -0.2) is 0 Å². The lowest BCUT2D eigenvalue weighted by Crippen LogP contribution is -2.50. The Bertz CT molecular complexity index is 662. The van der Waals surface area contributed by atoms with Gasteiger partial charge in [-0.3, -0.25) is 9.69 Å². The first kappa shape index (κ1) is 15.3. The summed E-state index contributed by atoms with van der Waals surface area (Å²) in [6.07, 6.45) is 1.93. The standard InChI is InChI=1S/C16H20ClN3O2/c17-14-2-1-13-3-4-20(15(13)11-14)12-16(22)19-7-5-18(6-8-19)9-10-21/h1-4,11,21H,5-10,12H2. The molecule has 0 saturated carbocycles. The molecule has 1 aliphatic rings. The van der Waals surface area contributed by atoms with E-state index in [4.69, 9.17) is 16.7 Å². The summed E-state index contributed by atoms with van der Waals surface area (Å²) in [7, 11) is 0. The molecule has 1 N–H and O–H groups in total. The first-order valence-electron chi connectivity index (χ1n) is 7.53. The van der Waals surface area contributed by atoms with Crippen LogP contribution < -0.4 is 0 Å². The average molecular weight is 322 g/mol. The molecule has 0 spiro atoms. The van der Waals surface area contributed by atoms with Crippen molar-refractivity contribution >= 4 is 28.4 Å². The van der Waals surface area contributed by atoms with Gasteiger partial charge in [-0.15, -0.1) is 0 Å². The fourth-order valence-corrected chi connectivity index (χ4v) is 3.07. The Hall–Kier alpha value is -1.56. The highest BCUT2D eigenvalue weighted by Crippen LogP contribution is 2.20. The number of carbonyl (C=O) groups excluding carboxylic acids is 1. The van der Waals surface area contributed by atoms with Crippen molar-refractivity contribution in [2.75, 3.05) is 39.3 Å². The number of fused-ring (bicyclic) bond motifs is 1. The molecule has 2 aromatic rings. The minimum atomic E-state index is 0.126. The Morgan fingerprint density at radius 3 is 2.68 bits per heavy atom. The lowest BCUT2D eigenvalue weighted by molar-refractivity contribution is -0.133. The summed E-state index contributed by atoms with van der Waals surface area (Å²) >= 11 is 6.04. The van der Waals surface area contributed by atoms with Crippen LogP contribution in [0, 0.1) is 0 Å². The molecule has 5 nitrogen and oxygen atoms in total. The van der Waals surface area contributed by atoms with Crippen LogP contribution in [-0.4, -0.2) is 64.7 Å². The molecule has 3 rings (SSSR count). The van der Waals surface area contributed by atoms with E-state index in [1.807, 2.05) is 39.9 Å². The van der Waals surface area contributed by atoms with E-state index in [0.717, 1.165) is 37.1 Å². The molecule has 0 radical (unpaired) electrons. The molecule has 2 heterocycles. The van der Waals surface area contributed by atoms with E-state index in [2.05, 4.69) is 4.90 Å². The molecule has 1 aromatic heterocycles. The zero-order valence-corrected chi connectivity index (χ0v) is 13.2. The third-order valence-corrected chi connectivity index (χ3v) is 4.42. The summed E-state index contributed by atoms with van der Waals surface area (Å²) in [4.78, 5) is 16.5. The van der Waals surface area contributed by atoms with Crippen molar-refractivity contribution in [2.24, 2.45) is 0 Å². The van der Waals surface area contributed by atoms with E-state index in [1.54, 1.807) is 0 Å². The van der Waals surface area contributed by atoms with Crippen molar-refractivity contribution in [3.63, 3.8) is 0 Å². The summed E-state index contributed by atoms with van der Waals surface area (Å²) < 4.78 is 1.95. The van der Waals surface area contributed by atoms with Crippen molar-refractivity contribution in [3.8, 4) is 0 Å². The maximum absolute atomic E-state index is 12.5. The Morgan fingerprint density at radius 1 is 1.18 bits per heavy atom. The molecule has 0 bridgehead atoms. The summed E-state index contributed by atoms with van der Waals surface area (Å²) in [5.74, 6) is 0.126. The lowest BCUT2D eigenvalue weighted by atomic mass is 10.2. The minimum absolute atomic E-state index is 0.126. The molecule has 1 fully saturated rings. The zero-order valence-electron chi connectivity index (χ0n) is 12.4. The fourth-order valence-electron chi connectivity index (χ4n) is 2.90. The summed E-state index contributed by atoms with van der Waals surface area (Å²) in [5, 5.41) is 10.7. The molecule has 0 atom stereocenters. The molecular formula is C16H20ClN3O2. The van der Waals surface area contributed by atoms with Crippen LogP contribution in [0.2, 0.25) is 5.02 Å². The number of benzene rings is 1. The molecule has 0 aliphatic carbocycles. The Morgan fingerprint density at radius 2 is 1.95 bits per heavy atom. The molecule has 6 heteroatoms. The number of nitrogens with zero attached hydrogens (tertiary/aromatic N) is 3. The number of β-amino-alcohol motifs (C(OH)–C–C–N with tert-alkyl or cyclic N) is 1. The van der Waals surface area contributed by atoms with Gasteiger partial charge in [0.15, 0.2) is 0 Å². The van der Waals surface area contributed by atoms with E-state index in [9.17, 15) is 4.79 Å². The highest BCUT2D eigenvalue weighted by atomic mass is 35.5. The maximum atomic E-state index is 12.5. The van der Waals surface area contributed by atoms with Crippen LogP contribution in [0.25, 0.3) is 10.9 Å². The summed E-state index contributed by atoms with van der Waals surface area (Å²) in [5.41, 5.74) is 0.986. The third-order valence-electron chi connectivity index (χ3n) is 4.18. The van der Waals surface area contributed by atoms with Gasteiger partial charge < -0.3 is 14.6 Å². The molecule has 1 aromatic carbocycles. The molecule has 118 valence electrons. The van der Waals surface area contributed by atoms with Gasteiger partial charge in [-0.05, 0) is 23.6 Å². The van der Waals surface area contributed by atoms with Crippen molar-refractivity contribution in [1.29, 1.82) is 0 Å². The minimum Gasteiger partial charge on any atom is -0.395 e. The highest BCUT2D eigenvalue weighted by Gasteiger charge is 2.21. The van der Waals surface area contributed by atoms with E-state index in [-0.39, 0.29) is 12.5 Å². The molecule has 1 saturated heterocycles. The number of rotatable bonds is 4. The van der Waals surface area contributed by atoms with E-state index < -0.39 is 0 Å². The topological polar surface area (TPSA) is 48.7 Å². The SMILES string of the molecule is O=C(Cn1ccc2ccc(Cl)cc21)N1CCN(CCO)CC1. The second-order valence-corrected chi connectivity index (χ2v) is 6.03. The third kappa shape index (κ3) is 3.27. The number of piperazine rings is 1. The van der Waals surface area contributed by atoms with Crippen LogP contribution in [-0.2, 0) is 11.3 Å². The summed E-state index contributed by atoms with van der Waals surface area (Å²) in [6.45, 7) is 4.28. The van der Waals surface area contributed by atoms with E-state index in [0.29, 0.717) is 18.1 Å². The van der Waals surface area contributed by atoms with Gasteiger partial charge in [0, 0.05) is 49.5 Å². The molecule has 0 unspecified atom stereocenters. The first-order chi connectivity index (χ1) is 10.7. The number of halogens is 1. The normalized spacial score (nSPS) is 16.4. The second-order valence-electron chi connectivity index (χ2n) is 5.59. The summed E-state index contributed by atoms with van der Waals surface area (Å²) in [6, 6.07) is 7.71. The molecule has 1 aliphatic heterocycles. The highest BCUT2D eigenvalue weighted by molar-refractivity contribution is 6.31. The Kier molecular flexibility index (Phi) is 4.66. The number of aromatic nitrogens is 1.